The molecule has 0 aromatic carbocycles. The predicted octanol–water partition coefficient (Wildman–Crippen LogP) is -0.512. The lowest BCUT2D eigenvalue weighted by Gasteiger charge is -2.16. The van der Waals surface area contributed by atoms with Gasteiger partial charge in [-0.2, -0.15) is 0 Å². The van der Waals surface area contributed by atoms with Crippen LogP contribution in [0.1, 0.15) is 33.1 Å². The van der Waals surface area contributed by atoms with Gasteiger partial charge in [0.05, 0.1) is 12.6 Å². The summed E-state index contributed by atoms with van der Waals surface area (Å²) < 4.78 is 0. The number of rotatable bonds is 12. The molecule has 0 aliphatic carbocycles. The average molecular weight is 299 g/mol. The quantitative estimate of drug-likeness (QED) is 0.218. The molecule has 0 bridgehead atoms. The van der Waals surface area contributed by atoms with Gasteiger partial charge in [-0.25, -0.2) is 5.84 Å². The highest BCUT2D eigenvalue weighted by Gasteiger charge is 2.10. The Morgan fingerprint density at radius 3 is 2.57 bits per heavy atom. The number of ketones is 2. The number of nitrogens with two attached hydrogens (primary N) is 2. The molecule has 0 radical (unpaired) electrons. The maximum atomic E-state index is 11.5. The van der Waals surface area contributed by atoms with Crippen LogP contribution in [0.4, 0.5) is 0 Å². The van der Waals surface area contributed by atoms with Crippen molar-refractivity contribution in [2.45, 2.75) is 39.2 Å². The third-order valence-electron chi connectivity index (χ3n) is 2.97. The van der Waals surface area contributed by atoms with Gasteiger partial charge in [-0.1, -0.05) is 0 Å². The van der Waals surface area contributed by atoms with E-state index in [2.05, 4.69) is 10.6 Å². The van der Waals surface area contributed by atoms with Gasteiger partial charge in [0.15, 0.2) is 5.78 Å². The minimum atomic E-state index is -0.167. The first-order valence-corrected chi connectivity index (χ1v) is 7.24. The SMILES string of the molecule is CNCC(=O)C(C)NCCCN(N)/C=C(\N)CCC(C)=O. The number of likely N-dealkylation sites (N-methyl/N-ethyl adjacent to an activating group) is 1. The predicted molar refractivity (Wildman–Crippen MR) is 84.1 cm³/mol. The van der Waals surface area contributed by atoms with E-state index in [1.54, 1.807) is 13.2 Å². The summed E-state index contributed by atoms with van der Waals surface area (Å²) >= 11 is 0. The second kappa shape index (κ2) is 11.2. The van der Waals surface area contributed by atoms with E-state index in [9.17, 15) is 9.59 Å². The number of nitrogens with zero attached hydrogens (tertiary/aromatic N) is 1. The Bertz CT molecular complexity index is 357. The van der Waals surface area contributed by atoms with Crippen molar-refractivity contribution in [1.29, 1.82) is 0 Å². The maximum Gasteiger partial charge on any atom is 0.163 e. The van der Waals surface area contributed by atoms with E-state index >= 15 is 0 Å². The van der Waals surface area contributed by atoms with E-state index in [0.717, 1.165) is 6.42 Å². The van der Waals surface area contributed by atoms with E-state index in [-0.39, 0.29) is 17.6 Å². The molecule has 0 saturated heterocycles. The highest BCUT2D eigenvalue weighted by molar-refractivity contribution is 5.85. The van der Waals surface area contributed by atoms with Crippen LogP contribution in [0.2, 0.25) is 0 Å². The van der Waals surface area contributed by atoms with Crippen molar-refractivity contribution in [3.63, 3.8) is 0 Å². The van der Waals surface area contributed by atoms with E-state index in [0.29, 0.717) is 38.2 Å². The van der Waals surface area contributed by atoms with Crippen molar-refractivity contribution in [2.75, 3.05) is 26.7 Å². The van der Waals surface area contributed by atoms with Crippen molar-refractivity contribution in [1.82, 2.24) is 15.6 Å². The van der Waals surface area contributed by atoms with Crippen LogP contribution < -0.4 is 22.2 Å². The Labute approximate surface area is 127 Å². The number of carbonyl (C=O) groups excluding carboxylic acids is 2. The lowest BCUT2D eigenvalue weighted by atomic mass is 10.2. The summed E-state index contributed by atoms with van der Waals surface area (Å²) in [7, 11) is 1.75. The fourth-order valence-electron chi connectivity index (χ4n) is 1.68. The number of hydrogen-bond donors (Lipinski definition) is 4. The van der Waals surface area contributed by atoms with Gasteiger partial charge in [-0.15, -0.1) is 0 Å². The zero-order valence-corrected chi connectivity index (χ0v) is 13.3. The van der Waals surface area contributed by atoms with Crippen molar-refractivity contribution in [2.24, 2.45) is 11.6 Å². The van der Waals surface area contributed by atoms with Crippen molar-refractivity contribution in [3.8, 4) is 0 Å². The molecule has 0 fully saturated rings. The van der Waals surface area contributed by atoms with Gasteiger partial charge in [0.1, 0.15) is 5.78 Å². The Hall–Kier alpha value is -1.44. The van der Waals surface area contributed by atoms with Crippen LogP contribution >= 0.6 is 0 Å². The van der Waals surface area contributed by atoms with Gasteiger partial charge in [-0.05, 0) is 40.3 Å². The molecule has 6 N–H and O–H groups in total. The Morgan fingerprint density at radius 1 is 1.33 bits per heavy atom. The van der Waals surface area contributed by atoms with Gasteiger partial charge in [0, 0.05) is 24.9 Å². The van der Waals surface area contributed by atoms with E-state index in [4.69, 9.17) is 11.6 Å². The largest absolute Gasteiger partial charge is 0.401 e. The number of nitrogens with one attached hydrogen (secondary N) is 2. The van der Waals surface area contributed by atoms with Crippen LogP contribution in [0.3, 0.4) is 0 Å². The molecule has 0 aliphatic heterocycles. The zero-order valence-electron chi connectivity index (χ0n) is 13.3. The number of Topliss-reactive ketones (excluding diaryl/α,β-unsaturated/α-hetero) is 2. The lowest BCUT2D eigenvalue weighted by molar-refractivity contribution is -0.120. The number of allylic oxidation sites excluding steroid dienone is 1. The minimum Gasteiger partial charge on any atom is -0.401 e. The molecule has 1 unspecified atom stereocenters. The molecule has 0 heterocycles. The summed E-state index contributed by atoms with van der Waals surface area (Å²) in [5.74, 6) is 6.04. The molecule has 7 nitrogen and oxygen atoms in total. The fourth-order valence-corrected chi connectivity index (χ4v) is 1.68. The molecule has 7 heteroatoms. The molecule has 0 aromatic heterocycles. The zero-order chi connectivity index (χ0) is 16.3. The van der Waals surface area contributed by atoms with Gasteiger partial charge >= 0.3 is 0 Å². The second-order valence-corrected chi connectivity index (χ2v) is 5.17. The summed E-state index contributed by atoms with van der Waals surface area (Å²) in [6, 6.07) is -0.167. The van der Waals surface area contributed by atoms with E-state index in [1.165, 1.54) is 11.9 Å². The molecule has 122 valence electrons. The molecule has 21 heavy (non-hydrogen) atoms. The number of carbonyl (C=O) groups is 2. The summed E-state index contributed by atoms with van der Waals surface area (Å²) in [4.78, 5) is 22.4. The van der Waals surface area contributed by atoms with Crippen LogP contribution in [-0.2, 0) is 9.59 Å². The maximum absolute atomic E-state index is 11.5. The van der Waals surface area contributed by atoms with E-state index < -0.39 is 0 Å². The van der Waals surface area contributed by atoms with Crippen LogP contribution in [0.5, 0.6) is 0 Å². The normalized spacial score (nSPS) is 13.0. The van der Waals surface area contributed by atoms with Crippen LogP contribution in [-0.4, -0.2) is 49.3 Å². The molecule has 0 aliphatic rings. The molecule has 0 rings (SSSR count). The van der Waals surface area contributed by atoms with Crippen molar-refractivity contribution < 1.29 is 9.59 Å². The molecular weight excluding hydrogens is 270 g/mol. The molecule has 1 atom stereocenters. The first-order chi connectivity index (χ1) is 9.86. The van der Waals surface area contributed by atoms with Gasteiger partial charge in [-0.3, -0.25) is 4.79 Å². The second-order valence-electron chi connectivity index (χ2n) is 5.17. The van der Waals surface area contributed by atoms with Crippen LogP contribution in [0, 0.1) is 0 Å². The van der Waals surface area contributed by atoms with Crippen LogP contribution in [0.15, 0.2) is 11.9 Å². The Morgan fingerprint density at radius 2 is 2.00 bits per heavy atom. The molecule has 0 amide bonds. The lowest BCUT2D eigenvalue weighted by Crippen LogP contribution is -2.40. The third kappa shape index (κ3) is 10.9. The van der Waals surface area contributed by atoms with Crippen molar-refractivity contribution in [3.05, 3.63) is 11.9 Å². The first kappa shape index (κ1) is 19.6. The average Bonchev–Trinajstić information content (AvgIpc) is 2.41. The summed E-state index contributed by atoms with van der Waals surface area (Å²) in [6.45, 7) is 5.08. The highest BCUT2D eigenvalue weighted by atomic mass is 16.1. The third-order valence-corrected chi connectivity index (χ3v) is 2.97. The number of hydrogen-bond acceptors (Lipinski definition) is 7. The topological polar surface area (TPSA) is 113 Å². The van der Waals surface area contributed by atoms with Crippen molar-refractivity contribution >= 4 is 11.6 Å². The smallest absolute Gasteiger partial charge is 0.163 e. The summed E-state index contributed by atoms with van der Waals surface area (Å²) in [5.41, 5.74) is 6.36. The molecule has 0 spiro atoms. The molecular formula is C14H29N5O2. The van der Waals surface area contributed by atoms with E-state index in [1.807, 2.05) is 6.92 Å². The monoisotopic (exact) mass is 299 g/mol. The molecule has 0 aromatic rings. The Balaban J connectivity index is 3.83. The van der Waals surface area contributed by atoms with Gasteiger partial charge < -0.3 is 26.2 Å². The number of hydrazine groups is 1. The van der Waals surface area contributed by atoms with Gasteiger partial charge in [0.25, 0.3) is 0 Å². The standard InChI is InChI=1S/C14H29N5O2/c1-11(20)5-6-13(15)10-19(16)8-4-7-18-12(2)14(21)9-17-3/h10,12,17-18H,4-9,15-16H2,1-3H3/b13-10-. The first-order valence-electron chi connectivity index (χ1n) is 7.24. The Kier molecular flexibility index (Phi) is 10.5. The fraction of sp³-hybridized carbons (Fsp3) is 0.714. The molecule has 0 saturated carbocycles. The van der Waals surface area contributed by atoms with Gasteiger partial charge in [0.2, 0.25) is 0 Å². The minimum absolute atomic E-state index is 0.111. The van der Waals surface area contributed by atoms with Crippen LogP contribution in [0.25, 0.3) is 0 Å². The summed E-state index contributed by atoms with van der Waals surface area (Å²) in [6.07, 6.45) is 3.41. The highest BCUT2D eigenvalue weighted by Crippen LogP contribution is 2.00. The summed E-state index contributed by atoms with van der Waals surface area (Å²) in [5, 5.41) is 7.49.